The molecule has 146 valence electrons. The van der Waals surface area contributed by atoms with Crippen LogP contribution in [0.3, 0.4) is 0 Å². The molecule has 4 rings (SSSR count). The van der Waals surface area contributed by atoms with E-state index in [4.69, 9.17) is 16.3 Å². The molecule has 0 radical (unpaired) electrons. The second kappa shape index (κ2) is 7.97. The van der Waals surface area contributed by atoms with Crippen LogP contribution in [0.1, 0.15) is 11.1 Å². The highest BCUT2D eigenvalue weighted by molar-refractivity contribution is 6.31. The molecule has 6 heteroatoms. The fraction of sp³-hybridized carbons (Fsp3) is 0.130. The quantitative estimate of drug-likeness (QED) is 0.498. The zero-order valence-electron chi connectivity index (χ0n) is 16.1. The van der Waals surface area contributed by atoms with Crippen molar-refractivity contribution in [2.24, 2.45) is 0 Å². The molecule has 0 bridgehead atoms. The van der Waals surface area contributed by atoms with Crippen LogP contribution in [0.4, 0.5) is 11.6 Å². The van der Waals surface area contributed by atoms with Gasteiger partial charge in [0, 0.05) is 10.7 Å². The van der Waals surface area contributed by atoms with Gasteiger partial charge in [0.2, 0.25) is 11.7 Å². The predicted octanol–water partition coefficient (Wildman–Crippen LogP) is 5.16. The average Bonchev–Trinajstić information content (AvgIpc) is 2.73. The van der Waals surface area contributed by atoms with Crippen molar-refractivity contribution in [3.05, 3.63) is 93.4 Å². The van der Waals surface area contributed by atoms with Gasteiger partial charge in [-0.1, -0.05) is 54.1 Å². The molecule has 29 heavy (non-hydrogen) atoms. The maximum Gasteiger partial charge on any atom is 0.316 e. The van der Waals surface area contributed by atoms with Gasteiger partial charge in [-0.15, -0.1) is 0 Å². The summed E-state index contributed by atoms with van der Waals surface area (Å²) in [4.78, 5) is 16.5. The minimum absolute atomic E-state index is 0.194. The molecule has 1 N–H and O–H groups in total. The van der Waals surface area contributed by atoms with Crippen LogP contribution in [0, 0.1) is 6.92 Å². The Morgan fingerprint density at radius 3 is 2.66 bits per heavy atom. The van der Waals surface area contributed by atoms with Crippen LogP contribution in [-0.4, -0.2) is 16.7 Å². The van der Waals surface area contributed by atoms with Crippen molar-refractivity contribution in [2.45, 2.75) is 13.5 Å². The van der Waals surface area contributed by atoms with Gasteiger partial charge in [0.15, 0.2) is 0 Å². The maximum atomic E-state index is 12.3. The Labute approximate surface area is 173 Å². The van der Waals surface area contributed by atoms with Crippen LogP contribution < -0.4 is 15.6 Å². The number of anilines is 2. The molecule has 0 aliphatic heterocycles. The fourth-order valence-corrected chi connectivity index (χ4v) is 3.41. The van der Waals surface area contributed by atoms with E-state index in [0.717, 1.165) is 22.2 Å². The zero-order chi connectivity index (χ0) is 20.4. The number of methoxy groups -OCH3 is 1. The number of nitrogens with zero attached hydrogens (tertiary/aromatic N) is 2. The van der Waals surface area contributed by atoms with Crippen LogP contribution in [-0.2, 0) is 6.54 Å². The first-order valence-corrected chi connectivity index (χ1v) is 9.58. The zero-order valence-corrected chi connectivity index (χ0v) is 16.9. The molecule has 1 aromatic heterocycles. The first-order valence-electron chi connectivity index (χ1n) is 9.20. The molecule has 1 heterocycles. The smallest absolute Gasteiger partial charge is 0.316 e. The van der Waals surface area contributed by atoms with E-state index in [1.165, 1.54) is 12.5 Å². The number of aromatic nitrogens is 2. The lowest BCUT2D eigenvalue weighted by molar-refractivity contribution is 0.402. The Bertz CT molecular complexity index is 1250. The highest BCUT2D eigenvalue weighted by Crippen LogP contribution is 2.26. The van der Waals surface area contributed by atoms with E-state index in [0.29, 0.717) is 17.5 Å². The Balaban J connectivity index is 1.76. The molecule has 0 unspecified atom stereocenters. The van der Waals surface area contributed by atoms with E-state index < -0.39 is 5.56 Å². The van der Waals surface area contributed by atoms with Gasteiger partial charge < -0.3 is 14.6 Å². The third kappa shape index (κ3) is 3.96. The standard InChI is InChI=1S/C23H20ClN3O2/c1-15-19(24)8-5-9-20(15)25-23-26-22(28)21(29-2)14-27(23)13-16-10-11-17-6-3-4-7-18(17)12-16/h3-12,14H,13H2,1-2H3,(H,25,26,28). The van der Waals surface area contributed by atoms with Crippen molar-refractivity contribution in [2.75, 3.05) is 12.4 Å². The summed E-state index contributed by atoms with van der Waals surface area (Å²) in [6, 6.07) is 20.1. The Morgan fingerprint density at radius 1 is 1.07 bits per heavy atom. The van der Waals surface area contributed by atoms with Crippen molar-refractivity contribution in [3.63, 3.8) is 0 Å². The van der Waals surface area contributed by atoms with Gasteiger partial charge in [-0.05, 0) is 47.0 Å². The SMILES string of the molecule is COc1cn(Cc2ccc3ccccc3c2)c(Nc2cccc(Cl)c2C)nc1=O. The molecule has 0 atom stereocenters. The van der Waals surface area contributed by atoms with Gasteiger partial charge in [-0.25, -0.2) is 0 Å². The number of hydrogen-bond acceptors (Lipinski definition) is 4. The van der Waals surface area contributed by atoms with E-state index in [2.05, 4.69) is 40.6 Å². The van der Waals surface area contributed by atoms with Crippen molar-refractivity contribution in [3.8, 4) is 5.75 Å². The van der Waals surface area contributed by atoms with E-state index in [-0.39, 0.29) is 5.75 Å². The second-order valence-corrected chi connectivity index (χ2v) is 7.19. The van der Waals surface area contributed by atoms with Gasteiger partial charge in [0.05, 0.1) is 19.9 Å². The maximum absolute atomic E-state index is 12.3. The molecule has 0 saturated heterocycles. The van der Waals surface area contributed by atoms with Crippen LogP contribution in [0.15, 0.2) is 71.7 Å². The Morgan fingerprint density at radius 2 is 1.86 bits per heavy atom. The fourth-order valence-electron chi connectivity index (χ4n) is 3.23. The largest absolute Gasteiger partial charge is 0.490 e. The summed E-state index contributed by atoms with van der Waals surface area (Å²) in [6.07, 6.45) is 1.67. The third-order valence-corrected chi connectivity index (χ3v) is 5.27. The molecule has 5 nitrogen and oxygen atoms in total. The number of fused-ring (bicyclic) bond motifs is 1. The van der Waals surface area contributed by atoms with Crippen molar-refractivity contribution < 1.29 is 4.74 Å². The first-order chi connectivity index (χ1) is 14.0. The van der Waals surface area contributed by atoms with E-state index >= 15 is 0 Å². The van der Waals surface area contributed by atoms with Crippen molar-refractivity contribution >= 4 is 34.0 Å². The molecule has 0 amide bonds. The van der Waals surface area contributed by atoms with Crippen LogP contribution >= 0.6 is 11.6 Å². The normalized spacial score (nSPS) is 10.9. The van der Waals surface area contributed by atoms with E-state index in [1.807, 2.05) is 41.8 Å². The summed E-state index contributed by atoms with van der Waals surface area (Å²) >= 11 is 6.24. The lowest BCUT2D eigenvalue weighted by Gasteiger charge is -2.17. The molecule has 0 aliphatic carbocycles. The van der Waals surface area contributed by atoms with Crippen LogP contribution in [0.5, 0.6) is 5.75 Å². The number of hydrogen-bond donors (Lipinski definition) is 1. The summed E-state index contributed by atoms with van der Waals surface area (Å²) in [7, 11) is 1.47. The van der Waals surface area contributed by atoms with Crippen molar-refractivity contribution in [1.29, 1.82) is 0 Å². The molecular weight excluding hydrogens is 386 g/mol. The molecule has 0 spiro atoms. The summed E-state index contributed by atoms with van der Waals surface area (Å²) < 4.78 is 7.06. The van der Waals surface area contributed by atoms with Gasteiger partial charge in [-0.3, -0.25) is 4.79 Å². The van der Waals surface area contributed by atoms with Crippen molar-refractivity contribution in [1.82, 2.24) is 9.55 Å². The number of rotatable bonds is 5. The minimum Gasteiger partial charge on any atom is -0.490 e. The molecule has 4 aromatic rings. The molecule has 0 fully saturated rings. The summed E-state index contributed by atoms with van der Waals surface area (Å²) in [6.45, 7) is 2.44. The average molecular weight is 406 g/mol. The number of ether oxygens (including phenoxy) is 1. The first kappa shape index (κ1) is 19.0. The number of benzene rings is 3. The monoisotopic (exact) mass is 405 g/mol. The van der Waals surface area contributed by atoms with E-state index in [1.54, 1.807) is 6.20 Å². The number of nitrogens with one attached hydrogen (secondary N) is 1. The van der Waals surface area contributed by atoms with Gasteiger partial charge in [-0.2, -0.15) is 4.98 Å². The summed E-state index contributed by atoms with van der Waals surface area (Å²) in [5.74, 6) is 0.619. The molecule has 3 aromatic carbocycles. The van der Waals surface area contributed by atoms with Gasteiger partial charge in [0.1, 0.15) is 0 Å². The lowest BCUT2D eigenvalue weighted by Crippen LogP contribution is -2.19. The van der Waals surface area contributed by atoms with Gasteiger partial charge in [0.25, 0.3) is 0 Å². The highest BCUT2D eigenvalue weighted by atomic mass is 35.5. The molecular formula is C23H20ClN3O2. The predicted molar refractivity (Wildman–Crippen MR) is 118 cm³/mol. The molecule has 0 saturated carbocycles. The summed E-state index contributed by atoms with van der Waals surface area (Å²) in [5, 5.41) is 6.23. The second-order valence-electron chi connectivity index (χ2n) is 6.78. The Kier molecular flexibility index (Phi) is 5.23. The van der Waals surface area contributed by atoms with E-state index in [9.17, 15) is 4.79 Å². The van der Waals surface area contributed by atoms with Crippen LogP contribution in [0.2, 0.25) is 5.02 Å². The number of halogens is 1. The minimum atomic E-state index is -0.426. The van der Waals surface area contributed by atoms with Gasteiger partial charge >= 0.3 is 5.56 Å². The molecule has 0 aliphatic rings. The van der Waals surface area contributed by atoms with Crippen LogP contribution in [0.25, 0.3) is 10.8 Å². The Hall–Kier alpha value is -3.31. The summed E-state index contributed by atoms with van der Waals surface area (Å²) in [5.41, 5.74) is 2.34. The lowest BCUT2D eigenvalue weighted by atomic mass is 10.1. The highest BCUT2D eigenvalue weighted by Gasteiger charge is 2.12. The topological polar surface area (TPSA) is 56.1 Å². The third-order valence-electron chi connectivity index (χ3n) is 4.86.